The van der Waals surface area contributed by atoms with Crippen LogP contribution in [0, 0.1) is 6.92 Å². The Morgan fingerprint density at radius 1 is 1.08 bits per heavy atom. The zero-order chi connectivity index (χ0) is 19.3. The highest BCUT2D eigenvalue weighted by molar-refractivity contribution is 6.40. The van der Waals surface area contributed by atoms with Gasteiger partial charge >= 0.3 is 0 Å². The Kier molecular flexibility index (Phi) is 7.03. The van der Waals surface area contributed by atoms with Crippen LogP contribution in [0.1, 0.15) is 21.5 Å². The maximum absolute atomic E-state index is 12.3. The van der Waals surface area contributed by atoms with Gasteiger partial charge in [0.15, 0.2) is 6.54 Å². The summed E-state index contributed by atoms with van der Waals surface area (Å²) in [6.45, 7) is 2.77. The minimum Gasteiger partial charge on any atom is -0.355 e. The van der Waals surface area contributed by atoms with E-state index in [-0.39, 0.29) is 18.4 Å². The van der Waals surface area contributed by atoms with Crippen LogP contribution in [0.3, 0.4) is 0 Å². The van der Waals surface area contributed by atoms with Gasteiger partial charge in [-0.05, 0) is 30.7 Å². The molecule has 5 nitrogen and oxygen atoms in total. The lowest BCUT2D eigenvalue weighted by Crippen LogP contribution is -3.08. The molecule has 0 spiro atoms. The van der Waals surface area contributed by atoms with Crippen LogP contribution in [-0.2, 0) is 11.3 Å². The molecular weight excluding hydrogens is 373 g/mol. The highest BCUT2D eigenvalue weighted by Gasteiger charge is 2.15. The van der Waals surface area contributed by atoms with Crippen molar-refractivity contribution in [2.45, 2.75) is 13.5 Å². The number of hydrogen-bond acceptors (Lipinski definition) is 2. The molecule has 0 heterocycles. The first-order valence-electron chi connectivity index (χ1n) is 8.18. The van der Waals surface area contributed by atoms with Gasteiger partial charge in [0.25, 0.3) is 11.8 Å². The number of aryl methyl sites for hydroxylation is 1. The molecule has 2 rings (SSSR count). The molecule has 2 aromatic carbocycles. The van der Waals surface area contributed by atoms with E-state index >= 15 is 0 Å². The smallest absolute Gasteiger partial charge is 0.279 e. The van der Waals surface area contributed by atoms with Crippen molar-refractivity contribution in [1.29, 1.82) is 0 Å². The molecule has 0 aliphatic rings. The van der Waals surface area contributed by atoms with Crippen molar-refractivity contribution in [3.63, 3.8) is 0 Å². The van der Waals surface area contributed by atoms with E-state index in [2.05, 4.69) is 10.6 Å². The maximum atomic E-state index is 12.3. The molecule has 0 aliphatic heterocycles. The number of hydrogen-bond donors (Lipinski definition) is 3. The van der Waals surface area contributed by atoms with Gasteiger partial charge in [0.2, 0.25) is 0 Å². The largest absolute Gasteiger partial charge is 0.355 e. The minimum atomic E-state index is -0.168. The summed E-state index contributed by atoms with van der Waals surface area (Å²) in [6.07, 6.45) is 0. The van der Waals surface area contributed by atoms with Gasteiger partial charge in [-0.1, -0.05) is 41.4 Å². The number of halogens is 2. The average Bonchev–Trinajstić information content (AvgIpc) is 2.61. The van der Waals surface area contributed by atoms with E-state index in [0.29, 0.717) is 27.8 Å². The standard InChI is InChI=1S/C19H21Cl2N3O2/c1-12-4-9-15(20)18(17(12)21)23-16(25)11-24(3)10-13-5-7-14(8-6-13)19(26)22-2/h4-9H,10-11H2,1-3H3,(H,22,26)(H,23,25)/p+1. The first-order valence-corrected chi connectivity index (χ1v) is 8.94. The second-order valence-corrected chi connectivity index (χ2v) is 6.97. The lowest BCUT2D eigenvalue weighted by molar-refractivity contribution is -0.885. The summed E-state index contributed by atoms with van der Waals surface area (Å²) in [4.78, 5) is 24.9. The van der Waals surface area contributed by atoms with Crippen LogP contribution < -0.4 is 15.5 Å². The van der Waals surface area contributed by atoms with E-state index in [4.69, 9.17) is 23.2 Å². The van der Waals surface area contributed by atoms with Crippen LogP contribution in [0.5, 0.6) is 0 Å². The Hall–Kier alpha value is -2.08. The first-order chi connectivity index (χ1) is 12.3. The van der Waals surface area contributed by atoms with Gasteiger partial charge in [-0.25, -0.2) is 0 Å². The van der Waals surface area contributed by atoms with Gasteiger partial charge in [-0.15, -0.1) is 0 Å². The molecule has 0 saturated heterocycles. The second kappa shape index (κ2) is 9.03. The zero-order valence-corrected chi connectivity index (χ0v) is 16.5. The number of likely N-dealkylation sites (N-methyl/N-ethyl adjacent to an activating group) is 1. The molecule has 0 radical (unpaired) electrons. The lowest BCUT2D eigenvalue weighted by Gasteiger charge is -2.15. The van der Waals surface area contributed by atoms with Crippen molar-refractivity contribution in [3.05, 3.63) is 63.1 Å². The van der Waals surface area contributed by atoms with Gasteiger partial charge in [0.05, 0.1) is 22.8 Å². The molecule has 0 bridgehead atoms. The normalized spacial score (nSPS) is 11.7. The Bertz CT molecular complexity index is 807. The predicted octanol–water partition coefficient (Wildman–Crippen LogP) is 2.31. The van der Waals surface area contributed by atoms with Crippen LogP contribution in [0.25, 0.3) is 0 Å². The molecule has 138 valence electrons. The molecule has 1 unspecified atom stereocenters. The van der Waals surface area contributed by atoms with E-state index in [1.165, 1.54) is 0 Å². The number of benzene rings is 2. The number of anilines is 1. The topological polar surface area (TPSA) is 62.6 Å². The van der Waals surface area contributed by atoms with Gasteiger partial charge in [0, 0.05) is 18.2 Å². The summed E-state index contributed by atoms with van der Waals surface area (Å²) < 4.78 is 0. The fourth-order valence-corrected chi connectivity index (χ4v) is 3.02. The van der Waals surface area contributed by atoms with Gasteiger partial charge < -0.3 is 15.5 Å². The molecular formula is C19H22Cl2N3O2+. The molecule has 3 N–H and O–H groups in total. The summed E-state index contributed by atoms with van der Waals surface area (Å²) in [5.74, 6) is -0.289. The Morgan fingerprint density at radius 2 is 1.73 bits per heavy atom. The van der Waals surface area contributed by atoms with Crippen molar-refractivity contribution in [3.8, 4) is 0 Å². The summed E-state index contributed by atoms with van der Waals surface area (Å²) in [5.41, 5.74) is 2.94. The number of amides is 2. The molecule has 0 aromatic heterocycles. The van der Waals surface area contributed by atoms with E-state index in [9.17, 15) is 9.59 Å². The van der Waals surface area contributed by atoms with Crippen molar-refractivity contribution in [2.75, 3.05) is 26.0 Å². The molecule has 0 aliphatic carbocycles. The molecule has 0 saturated carbocycles. The highest BCUT2D eigenvalue weighted by Crippen LogP contribution is 2.32. The monoisotopic (exact) mass is 394 g/mol. The Morgan fingerprint density at radius 3 is 2.35 bits per heavy atom. The van der Waals surface area contributed by atoms with Crippen LogP contribution in [0.15, 0.2) is 36.4 Å². The SMILES string of the molecule is CNC(=O)c1ccc(C[NH+](C)CC(=O)Nc2c(Cl)ccc(C)c2Cl)cc1. The zero-order valence-electron chi connectivity index (χ0n) is 15.0. The van der Waals surface area contributed by atoms with E-state index in [1.807, 2.05) is 26.1 Å². The highest BCUT2D eigenvalue weighted by atomic mass is 35.5. The molecule has 0 fully saturated rings. The number of rotatable bonds is 6. The summed E-state index contributed by atoms with van der Waals surface area (Å²) in [7, 11) is 3.52. The summed E-state index contributed by atoms with van der Waals surface area (Å²) in [5, 5.41) is 6.24. The quantitative estimate of drug-likeness (QED) is 0.703. The molecule has 7 heteroatoms. The third kappa shape index (κ3) is 5.21. The van der Waals surface area contributed by atoms with E-state index in [0.717, 1.165) is 16.0 Å². The number of carbonyl (C=O) groups excluding carboxylic acids is 2. The number of carbonyl (C=O) groups is 2. The number of nitrogens with one attached hydrogen (secondary N) is 3. The van der Waals surface area contributed by atoms with E-state index < -0.39 is 0 Å². The third-order valence-corrected chi connectivity index (χ3v) is 4.76. The molecule has 2 aromatic rings. The van der Waals surface area contributed by atoms with Gasteiger partial charge in [-0.3, -0.25) is 9.59 Å². The lowest BCUT2D eigenvalue weighted by atomic mass is 10.1. The van der Waals surface area contributed by atoms with Crippen molar-refractivity contribution in [2.24, 2.45) is 0 Å². The Labute approximate surface area is 163 Å². The van der Waals surface area contributed by atoms with Crippen molar-refractivity contribution < 1.29 is 14.5 Å². The number of quaternary nitrogens is 1. The molecule has 1 atom stereocenters. The van der Waals surface area contributed by atoms with Crippen LogP contribution in [-0.4, -0.2) is 32.5 Å². The minimum absolute atomic E-state index is 0.122. The second-order valence-electron chi connectivity index (χ2n) is 6.19. The average molecular weight is 395 g/mol. The molecule has 2 amide bonds. The van der Waals surface area contributed by atoms with Gasteiger partial charge in [0.1, 0.15) is 6.54 Å². The van der Waals surface area contributed by atoms with Gasteiger partial charge in [-0.2, -0.15) is 0 Å². The predicted molar refractivity (Wildman–Crippen MR) is 105 cm³/mol. The van der Waals surface area contributed by atoms with Crippen molar-refractivity contribution in [1.82, 2.24) is 5.32 Å². The fourth-order valence-electron chi connectivity index (χ4n) is 2.56. The third-order valence-electron chi connectivity index (χ3n) is 3.96. The Balaban J connectivity index is 1.95. The van der Waals surface area contributed by atoms with Crippen LogP contribution in [0.2, 0.25) is 10.0 Å². The first kappa shape index (κ1) is 20.2. The molecule has 26 heavy (non-hydrogen) atoms. The van der Waals surface area contributed by atoms with Crippen LogP contribution >= 0.6 is 23.2 Å². The van der Waals surface area contributed by atoms with E-state index in [1.54, 1.807) is 31.3 Å². The van der Waals surface area contributed by atoms with Crippen molar-refractivity contribution >= 4 is 40.7 Å². The summed E-state index contributed by atoms with van der Waals surface area (Å²) >= 11 is 12.3. The maximum Gasteiger partial charge on any atom is 0.279 e. The fraction of sp³-hybridized carbons (Fsp3) is 0.263. The van der Waals surface area contributed by atoms with Crippen LogP contribution in [0.4, 0.5) is 5.69 Å². The summed E-state index contributed by atoms with van der Waals surface area (Å²) in [6, 6.07) is 10.8.